The fraction of sp³-hybridized carbons (Fsp3) is 0.238. The van der Waals surface area contributed by atoms with E-state index in [2.05, 4.69) is 181 Å². The van der Waals surface area contributed by atoms with Gasteiger partial charge in [0.1, 0.15) is 0 Å². The maximum Gasteiger partial charge on any atom is 0.0476 e. The minimum atomic E-state index is 0.0919. The molecule has 2 heteroatoms. The molecule has 4 atom stereocenters. The first-order chi connectivity index (χ1) is 32.1. The second kappa shape index (κ2) is 14.9. The lowest BCUT2D eigenvalue weighted by Gasteiger charge is -2.42. The Labute approximate surface area is 387 Å². The number of hydrogen-bond acceptors (Lipinski definition) is 2. The van der Waals surface area contributed by atoms with E-state index in [1.807, 2.05) is 11.3 Å². The Morgan fingerprint density at radius 3 is 1.75 bits per heavy atom. The number of rotatable bonds is 5. The Balaban J connectivity index is 0.875. The fourth-order valence-electron chi connectivity index (χ4n) is 14.0. The molecule has 8 aromatic carbocycles. The van der Waals surface area contributed by atoms with E-state index in [9.17, 15) is 0 Å². The standard InChI is InChI=1S/C63H53NS/c1-3-11-42(12-4-1)43-17-21-48(22-18-43)64(49-23-27-55-54-15-7-8-16-59(54)63(60(55)38-49)29-9-2-10-30-63)50-24-28-57-56-26-20-45(37-61(56)65-62(57)39-50)44-19-25-52-47-34-40-31-41(35-47)33-46(32-40)51-13-5-6-14-53(51)58(52)36-44/h1,3-8,11-28,36-41,46-47H,2,9-10,29-35H2/t40-,41?,46-,47-/m0/s1. The van der Waals surface area contributed by atoms with Crippen molar-refractivity contribution in [3.8, 4) is 44.5 Å². The predicted molar refractivity (Wildman–Crippen MR) is 275 cm³/mol. The van der Waals surface area contributed by atoms with Crippen molar-refractivity contribution in [2.24, 2.45) is 11.8 Å². The zero-order chi connectivity index (χ0) is 42.6. The van der Waals surface area contributed by atoms with Crippen LogP contribution in [0.4, 0.5) is 17.1 Å². The van der Waals surface area contributed by atoms with Gasteiger partial charge in [-0.15, -0.1) is 11.3 Å². The fourth-order valence-corrected chi connectivity index (χ4v) is 15.2. The Hall–Kier alpha value is -6.22. The number of hydrogen-bond donors (Lipinski definition) is 0. The number of fused-ring (bicyclic) bond motifs is 8. The normalized spacial score (nSPS) is 21.0. The van der Waals surface area contributed by atoms with E-state index in [4.69, 9.17) is 0 Å². The van der Waals surface area contributed by atoms with Crippen molar-refractivity contribution >= 4 is 48.6 Å². The van der Waals surface area contributed by atoms with E-state index in [0.717, 1.165) is 11.8 Å². The van der Waals surface area contributed by atoms with Gasteiger partial charge in [0, 0.05) is 42.6 Å². The zero-order valence-corrected chi connectivity index (χ0v) is 37.8. The predicted octanol–water partition coefficient (Wildman–Crippen LogP) is 18.1. The number of thiophene rings is 1. The van der Waals surface area contributed by atoms with Crippen LogP contribution in [0, 0.1) is 11.8 Å². The zero-order valence-electron chi connectivity index (χ0n) is 37.0. The topological polar surface area (TPSA) is 3.24 Å². The van der Waals surface area contributed by atoms with Crippen molar-refractivity contribution in [2.75, 3.05) is 4.90 Å². The molecule has 6 aliphatic rings. The van der Waals surface area contributed by atoms with Crippen LogP contribution in [-0.2, 0) is 5.41 Å². The molecule has 1 aromatic heterocycles. The molecule has 316 valence electrons. The van der Waals surface area contributed by atoms with E-state index in [-0.39, 0.29) is 5.41 Å². The lowest BCUT2D eigenvalue weighted by atomic mass is 9.63. The van der Waals surface area contributed by atoms with Crippen LogP contribution in [0.2, 0.25) is 0 Å². The third-order valence-electron chi connectivity index (χ3n) is 16.8. The first-order valence-corrected chi connectivity index (χ1v) is 25.4. The molecule has 1 heterocycles. The van der Waals surface area contributed by atoms with Crippen LogP contribution >= 0.6 is 11.3 Å². The highest BCUT2D eigenvalue weighted by Gasteiger charge is 2.44. The van der Waals surface area contributed by atoms with E-state index in [1.165, 1.54) is 157 Å². The van der Waals surface area contributed by atoms with Gasteiger partial charge in [-0.2, -0.15) is 0 Å². The van der Waals surface area contributed by atoms with Crippen molar-refractivity contribution in [1.29, 1.82) is 0 Å². The number of anilines is 3. The van der Waals surface area contributed by atoms with Gasteiger partial charge in [-0.1, -0.05) is 147 Å². The lowest BCUT2D eigenvalue weighted by molar-refractivity contribution is 0.153. The van der Waals surface area contributed by atoms with Crippen molar-refractivity contribution in [3.63, 3.8) is 0 Å². The van der Waals surface area contributed by atoms with Gasteiger partial charge >= 0.3 is 0 Å². The van der Waals surface area contributed by atoms with Gasteiger partial charge < -0.3 is 4.90 Å². The van der Waals surface area contributed by atoms with Crippen molar-refractivity contribution in [1.82, 2.24) is 0 Å². The largest absolute Gasteiger partial charge is 0.310 e. The quantitative estimate of drug-likeness (QED) is 0.167. The molecule has 0 N–H and O–H groups in total. The molecule has 1 unspecified atom stereocenters. The van der Waals surface area contributed by atoms with E-state index < -0.39 is 0 Å². The first kappa shape index (κ1) is 38.1. The Kier molecular flexibility index (Phi) is 8.74. The van der Waals surface area contributed by atoms with E-state index in [0.29, 0.717) is 11.8 Å². The van der Waals surface area contributed by atoms with Gasteiger partial charge in [-0.05, 0) is 184 Å². The summed E-state index contributed by atoms with van der Waals surface area (Å²) in [5.74, 6) is 3.12. The highest BCUT2D eigenvalue weighted by atomic mass is 32.1. The Morgan fingerprint density at radius 1 is 0.385 bits per heavy atom. The summed E-state index contributed by atoms with van der Waals surface area (Å²) in [6, 6.07) is 68.0. The van der Waals surface area contributed by atoms with Crippen molar-refractivity contribution < 1.29 is 0 Å². The molecule has 0 aliphatic heterocycles. The lowest BCUT2D eigenvalue weighted by Crippen LogP contribution is -2.29. The summed E-state index contributed by atoms with van der Waals surface area (Å²) >= 11 is 1.94. The molecule has 4 bridgehead atoms. The molecular formula is C63H53NS. The van der Waals surface area contributed by atoms with E-state index >= 15 is 0 Å². The number of nitrogens with zero attached hydrogens (tertiary/aromatic N) is 1. The van der Waals surface area contributed by atoms with Crippen LogP contribution < -0.4 is 4.90 Å². The molecule has 1 nitrogen and oxygen atoms in total. The summed E-state index contributed by atoms with van der Waals surface area (Å²) in [5.41, 5.74) is 20.9. The Morgan fingerprint density at radius 2 is 0.954 bits per heavy atom. The van der Waals surface area contributed by atoms with Gasteiger partial charge in [0.25, 0.3) is 0 Å². The molecule has 9 aromatic rings. The summed E-state index contributed by atoms with van der Waals surface area (Å²) in [5, 5.41) is 2.68. The van der Waals surface area contributed by atoms with Gasteiger partial charge in [0.05, 0.1) is 0 Å². The van der Waals surface area contributed by atoms with Crippen LogP contribution in [0.25, 0.3) is 64.7 Å². The van der Waals surface area contributed by atoms with Gasteiger partial charge in [-0.25, -0.2) is 0 Å². The highest BCUT2D eigenvalue weighted by Crippen LogP contribution is 2.58. The third-order valence-corrected chi connectivity index (χ3v) is 17.9. The smallest absolute Gasteiger partial charge is 0.0476 e. The monoisotopic (exact) mass is 855 g/mol. The van der Waals surface area contributed by atoms with Gasteiger partial charge in [0.2, 0.25) is 0 Å². The number of benzene rings is 8. The summed E-state index contributed by atoms with van der Waals surface area (Å²) in [6.07, 6.45) is 13.3. The van der Waals surface area contributed by atoms with Gasteiger partial charge in [0.15, 0.2) is 0 Å². The summed E-state index contributed by atoms with van der Waals surface area (Å²) in [4.78, 5) is 2.51. The van der Waals surface area contributed by atoms with Crippen LogP contribution in [0.1, 0.15) is 98.3 Å². The van der Waals surface area contributed by atoms with E-state index in [1.54, 1.807) is 11.1 Å². The third kappa shape index (κ3) is 6.09. The average Bonchev–Trinajstić information content (AvgIpc) is 3.87. The summed E-state index contributed by atoms with van der Waals surface area (Å²) < 4.78 is 2.68. The molecular weight excluding hydrogens is 803 g/mol. The van der Waals surface area contributed by atoms with Crippen LogP contribution in [0.3, 0.4) is 0 Å². The summed E-state index contributed by atoms with van der Waals surface area (Å²) in [6.45, 7) is 0. The molecule has 1 spiro atoms. The Bertz CT molecular complexity index is 3300. The minimum Gasteiger partial charge on any atom is -0.310 e. The minimum absolute atomic E-state index is 0.0919. The average molecular weight is 856 g/mol. The molecule has 0 saturated heterocycles. The van der Waals surface area contributed by atoms with Crippen molar-refractivity contribution in [3.05, 3.63) is 198 Å². The maximum absolute atomic E-state index is 2.56. The van der Waals surface area contributed by atoms with Gasteiger partial charge in [-0.3, -0.25) is 0 Å². The second-order valence-electron chi connectivity index (χ2n) is 20.4. The SMILES string of the molecule is c1ccc(-c2ccc(N(c3ccc4c(c3)C3(CCCCC3)c3ccccc3-4)c3ccc4c(c3)sc3cc(-c5ccc6c(c5)-c5ccccc5[C@@H]5CC7C[C@@H](C5)C[C@H]6C7)ccc34)cc2)cc1. The molecule has 0 radical (unpaired) electrons. The molecule has 6 aliphatic carbocycles. The molecule has 3 fully saturated rings. The molecule has 15 rings (SSSR count). The second-order valence-corrected chi connectivity index (χ2v) is 21.4. The maximum atomic E-state index is 2.56. The molecule has 65 heavy (non-hydrogen) atoms. The van der Waals surface area contributed by atoms with Crippen LogP contribution in [-0.4, -0.2) is 0 Å². The highest BCUT2D eigenvalue weighted by molar-refractivity contribution is 7.25. The van der Waals surface area contributed by atoms with Crippen molar-refractivity contribution in [2.45, 2.75) is 81.5 Å². The first-order valence-electron chi connectivity index (χ1n) is 24.5. The molecule has 3 saturated carbocycles. The summed E-state index contributed by atoms with van der Waals surface area (Å²) in [7, 11) is 0. The molecule has 0 amide bonds. The van der Waals surface area contributed by atoms with Crippen LogP contribution in [0.15, 0.2) is 176 Å². The van der Waals surface area contributed by atoms with Crippen LogP contribution in [0.5, 0.6) is 0 Å².